The van der Waals surface area contributed by atoms with Crippen molar-refractivity contribution < 1.29 is 27.4 Å². The molecule has 1 unspecified atom stereocenters. The van der Waals surface area contributed by atoms with Crippen LogP contribution in [0.2, 0.25) is 0 Å². The average Bonchev–Trinajstić information content (AvgIpc) is 2.54. The molecule has 0 aliphatic carbocycles. The van der Waals surface area contributed by atoms with E-state index in [0.29, 0.717) is 0 Å². The molecular weight excluding hydrogens is 311 g/mol. The third-order valence-corrected chi connectivity index (χ3v) is 3.36. The number of carbonyl (C=O) groups is 1. The highest BCUT2D eigenvalue weighted by Gasteiger charge is 2.21. The van der Waals surface area contributed by atoms with Gasteiger partial charge in [-0.15, -0.1) is 0 Å². The van der Waals surface area contributed by atoms with Crippen molar-refractivity contribution in [1.29, 1.82) is 0 Å². The number of ether oxygens (including phenoxy) is 2. The average molecular weight is 325 g/mol. The zero-order valence-electron chi connectivity index (χ0n) is 12.7. The number of hydrogen-bond donors (Lipinski definition) is 0. The second kappa shape index (κ2) is 6.78. The van der Waals surface area contributed by atoms with Gasteiger partial charge >= 0.3 is 5.97 Å². The van der Waals surface area contributed by atoms with E-state index in [9.17, 15) is 18.0 Å². The number of halogens is 3. The molecule has 0 fully saturated rings. The third-order valence-electron chi connectivity index (χ3n) is 3.36. The van der Waals surface area contributed by atoms with Gasteiger partial charge in [-0.1, -0.05) is 0 Å². The first kappa shape index (κ1) is 17.0. The van der Waals surface area contributed by atoms with Gasteiger partial charge in [-0.3, -0.25) is 0 Å². The summed E-state index contributed by atoms with van der Waals surface area (Å²) in [6.45, 7) is 1.62. The molecule has 0 N–H and O–H groups in total. The Morgan fingerprint density at radius 3 is 2.22 bits per heavy atom. The molecule has 2 aromatic rings. The summed E-state index contributed by atoms with van der Waals surface area (Å²) in [4.78, 5) is 15.1. The monoisotopic (exact) mass is 325 g/mol. The summed E-state index contributed by atoms with van der Waals surface area (Å²) < 4.78 is 51.9. The molecule has 1 aromatic heterocycles. The van der Waals surface area contributed by atoms with Crippen LogP contribution in [0.25, 0.3) is 11.3 Å². The van der Waals surface area contributed by atoms with Gasteiger partial charge in [-0.25, -0.2) is 22.9 Å². The van der Waals surface area contributed by atoms with E-state index < -0.39 is 40.8 Å². The zero-order chi connectivity index (χ0) is 17.1. The number of pyridine rings is 1. The fourth-order valence-corrected chi connectivity index (χ4v) is 2.03. The maximum atomic E-state index is 14.3. The van der Waals surface area contributed by atoms with Crippen LogP contribution in [0.3, 0.4) is 0 Å². The Morgan fingerprint density at radius 2 is 1.70 bits per heavy atom. The fourth-order valence-electron chi connectivity index (χ4n) is 2.03. The first-order valence-electron chi connectivity index (χ1n) is 6.66. The van der Waals surface area contributed by atoms with E-state index in [2.05, 4.69) is 9.72 Å². The largest absolute Gasteiger partial charge is 0.464 e. The number of rotatable bonds is 4. The standard InChI is InChI=1S/C16H14F3NO3/c1-8(22-2)9-6-11(18)14(12(19)7-9)15-10(17)4-5-13(20-15)16(21)23-3/h4-8H,1-3H3. The Labute approximate surface area is 130 Å². The van der Waals surface area contributed by atoms with Gasteiger partial charge in [0, 0.05) is 7.11 Å². The molecule has 1 atom stereocenters. The van der Waals surface area contributed by atoms with Gasteiger partial charge in [0.1, 0.15) is 28.8 Å². The molecule has 1 aromatic carbocycles. The van der Waals surface area contributed by atoms with E-state index in [0.717, 1.165) is 31.4 Å². The normalized spacial score (nSPS) is 12.1. The van der Waals surface area contributed by atoms with Crippen molar-refractivity contribution >= 4 is 5.97 Å². The Hall–Kier alpha value is -2.41. The summed E-state index contributed by atoms with van der Waals surface area (Å²) in [7, 11) is 2.52. The molecule has 0 saturated carbocycles. The van der Waals surface area contributed by atoms with Gasteiger partial charge in [0.05, 0.1) is 18.8 Å². The molecule has 7 heteroatoms. The lowest BCUT2D eigenvalue weighted by molar-refractivity contribution is 0.0594. The molecule has 0 bridgehead atoms. The van der Waals surface area contributed by atoms with Gasteiger partial charge in [-0.05, 0) is 36.8 Å². The minimum absolute atomic E-state index is 0.253. The molecule has 0 amide bonds. The summed E-state index contributed by atoms with van der Waals surface area (Å²) in [6.07, 6.45) is -0.535. The molecule has 23 heavy (non-hydrogen) atoms. The lowest BCUT2D eigenvalue weighted by atomic mass is 10.0. The minimum Gasteiger partial charge on any atom is -0.464 e. The van der Waals surface area contributed by atoms with E-state index in [1.165, 1.54) is 7.11 Å². The van der Waals surface area contributed by atoms with Gasteiger partial charge < -0.3 is 9.47 Å². The van der Waals surface area contributed by atoms with Gasteiger partial charge in [0.15, 0.2) is 0 Å². The van der Waals surface area contributed by atoms with Gasteiger partial charge in [0.25, 0.3) is 0 Å². The van der Waals surface area contributed by atoms with Crippen LogP contribution in [0, 0.1) is 17.5 Å². The molecule has 0 saturated heterocycles. The topological polar surface area (TPSA) is 48.4 Å². The summed E-state index contributed by atoms with van der Waals surface area (Å²) in [6, 6.07) is 4.05. The van der Waals surface area contributed by atoms with E-state index in [4.69, 9.17) is 4.74 Å². The summed E-state index contributed by atoms with van der Waals surface area (Å²) in [5.41, 5.74) is -1.24. The van der Waals surface area contributed by atoms with Crippen molar-refractivity contribution in [3.05, 3.63) is 53.0 Å². The van der Waals surface area contributed by atoms with Gasteiger partial charge in [-0.2, -0.15) is 0 Å². The number of hydrogen-bond acceptors (Lipinski definition) is 4. The molecule has 2 rings (SSSR count). The molecule has 0 aliphatic rings. The van der Waals surface area contributed by atoms with Crippen LogP contribution in [0.15, 0.2) is 24.3 Å². The van der Waals surface area contributed by atoms with Crippen LogP contribution in [-0.4, -0.2) is 25.2 Å². The number of nitrogens with zero attached hydrogens (tertiary/aromatic N) is 1. The van der Waals surface area contributed by atoms with Crippen LogP contribution in [-0.2, 0) is 9.47 Å². The zero-order valence-corrected chi connectivity index (χ0v) is 12.7. The smallest absolute Gasteiger partial charge is 0.356 e. The third kappa shape index (κ3) is 3.34. The Kier molecular flexibility index (Phi) is 5.00. The number of esters is 1. The highest BCUT2D eigenvalue weighted by Crippen LogP contribution is 2.30. The Bertz CT molecular complexity index is 726. The summed E-state index contributed by atoms with van der Waals surface area (Å²) in [5.74, 6) is -3.80. The lowest BCUT2D eigenvalue weighted by Gasteiger charge is -2.13. The van der Waals surface area contributed by atoms with Gasteiger partial charge in [0.2, 0.25) is 0 Å². The van der Waals surface area contributed by atoms with Crippen LogP contribution >= 0.6 is 0 Å². The van der Waals surface area contributed by atoms with Crippen molar-refractivity contribution in [1.82, 2.24) is 4.98 Å². The number of methoxy groups -OCH3 is 2. The SMILES string of the molecule is COC(=O)c1ccc(F)c(-c2c(F)cc(C(C)OC)cc2F)n1. The maximum absolute atomic E-state index is 14.3. The first-order valence-corrected chi connectivity index (χ1v) is 6.66. The van der Waals surface area contributed by atoms with Crippen molar-refractivity contribution in [3.8, 4) is 11.3 Å². The molecule has 0 aliphatic heterocycles. The number of benzene rings is 1. The molecular formula is C16H14F3NO3. The maximum Gasteiger partial charge on any atom is 0.356 e. The number of aromatic nitrogens is 1. The molecule has 4 nitrogen and oxygen atoms in total. The molecule has 122 valence electrons. The Balaban J connectivity index is 2.60. The second-order valence-corrected chi connectivity index (χ2v) is 4.76. The second-order valence-electron chi connectivity index (χ2n) is 4.76. The Morgan fingerprint density at radius 1 is 1.09 bits per heavy atom. The van der Waals surface area contributed by atoms with Crippen molar-refractivity contribution in [2.24, 2.45) is 0 Å². The molecule has 0 spiro atoms. The van der Waals surface area contributed by atoms with Crippen molar-refractivity contribution in [3.63, 3.8) is 0 Å². The van der Waals surface area contributed by atoms with Crippen molar-refractivity contribution in [2.75, 3.05) is 14.2 Å². The van der Waals surface area contributed by atoms with Crippen LogP contribution in [0.4, 0.5) is 13.2 Å². The predicted molar refractivity (Wildman–Crippen MR) is 76.3 cm³/mol. The van der Waals surface area contributed by atoms with Crippen molar-refractivity contribution in [2.45, 2.75) is 13.0 Å². The van der Waals surface area contributed by atoms with E-state index >= 15 is 0 Å². The van der Waals surface area contributed by atoms with E-state index in [-0.39, 0.29) is 11.3 Å². The van der Waals surface area contributed by atoms with Crippen LogP contribution in [0.1, 0.15) is 29.1 Å². The fraction of sp³-hybridized carbons (Fsp3) is 0.250. The van der Waals surface area contributed by atoms with E-state index in [1.807, 2.05) is 0 Å². The number of carbonyl (C=O) groups excluding carboxylic acids is 1. The highest BCUT2D eigenvalue weighted by molar-refractivity contribution is 5.87. The summed E-state index contributed by atoms with van der Waals surface area (Å²) >= 11 is 0. The minimum atomic E-state index is -1.00. The highest BCUT2D eigenvalue weighted by atomic mass is 19.1. The molecule has 0 radical (unpaired) electrons. The first-order chi connectivity index (χ1) is 10.9. The summed E-state index contributed by atoms with van der Waals surface area (Å²) in [5, 5.41) is 0. The lowest BCUT2D eigenvalue weighted by Crippen LogP contribution is -2.07. The van der Waals surface area contributed by atoms with E-state index in [1.54, 1.807) is 6.92 Å². The van der Waals surface area contributed by atoms with Crippen LogP contribution in [0.5, 0.6) is 0 Å². The molecule has 1 heterocycles. The quantitative estimate of drug-likeness (QED) is 0.805. The predicted octanol–water partition coefficient (Wildman–Crippen LogP) is 3.66. The van der Waals surface area contributed by atoms with Crippen LogP contribution < -0.4 is 0 Å².